The number of rotatable bonds is 9. The first-order valence-electron chi connectivity index (χ1n) is 11.2. The Morgan fingerprint density at radius 3 is 2.24 bits per heavy atom. The van der Waals surface area contributed by atoms with Crippen molar-refractivity contribution in [2.24, 2.45) is 0 Å². The molecule has 0 unspecified atom stereocenters. The van der Waals surface area contributed by atoms with Crippen LogP contribution >= 0.6 is 0 Å². The highest BCUT2D eigenvalue weighted by Crippen LogP contribution is 2.38. The zero-order valence-electron chi connectivity index (χ0n) is 20.9. The Morgan fingerprint density at radius 1 is 1.00 bits per heavy atom. The summed E-state index contributed by atoms with van der Waals surface area (Å²) < 4.78 is 55.4. The second-order valence-electron chi connectivity index (χ2n) is 8.35. The van der Waals surface area contributed by atoms with Crippen molar-refractivity contribution in [1.29, 1.82) is 0 Å². The predicted octanol–water partition coefficient (Wildman–Crippen LogP) is 3.52. The first-order valence-corrected chi connectivity index (χ1v) is 12.8. The van der Waals surface area contributed by atoms with Gasteiger partial charge in [0.25, 0.3) is 0 Å². The van der Waals surface area contributed by atoms with Crippen LogP contribution in [0.2, 0.25) is 0 Å². The lowest BCUT2D eigenvalue weighted by molar-refractivity contribution is 0.391. The molecule has 0 radical (unpaired) electrons. The van der Waals surface area contributed by atoms with Crippen LogP contribution in [0.3, 0.4) is 0 Å². The highest BCUT2D eigenvalue weighted by molar-refractivity contribution is 7.93. The molecule has 2 atom stereocenters. The van der Waals surface area contributed by atoms with Gasteiger partial charge in [-0.05, 0) is 37.6 Å². The first kappa shape index (κ1) is 25.9. The van der Waals surface area contributed by atoms with Gasteiger partial charge in [0, 0.05) is 23.9 Å². The van der Waals surface area contributed by atoms with Crippen molar-refractivity contribution in [1.82, 2.24) is 29.7 Å². The minimum Gasteiger partial charge on any atom is -0.494 e. The van der Waals surface area contributed by atoms with Crippen LogP contribution in [0.25, 0.3) is 17.1 Å². The fourth-order valence-corrected chi connectivity index (χ4v) is 4.97. The lowest BCUT2D eigenvalue weighted by atomic mass is 10.1. The molecule has 13 heteroatoms. The van der Waals surface area contributed by atoms with Crippen molar-refractivity contribution in [3.05, 3.63) is 66.3 Å². The Hall–Kier alpha value is -4.13. The summed E-state index contributed by atoms with van der Waals surface area (Å²) in [4.78, 5) is 12.1. The molecule has 1 aromatic carbocycles. The van der Waals surface area contributed by atoms with Crippen LogP contribution in [-0.4, -0.2) is 57.6 Å². The Bertz CT molecular complexity index is 1490. The normalized spacial score (nSPS) is 13.1. The number of hydrogen-bond donors (Lipinski definition) is 1. The molecule has 11 nitrogen and oxygen atoms in total. The lowest BCUT2D eigenvalue weighted by Crippen LogP contribution is -2.31. The summed E-state index contributed by atoms with van der Waals surface area (Å²) in [5.74, 6) is -0.0289. The number of methoxy groups -OCH3 is 2. The van der Waals surface area contributed by atoms with E-state index >= 15 is 0 Å². The number of para-hydroxylation sites is 1. The van der Waals surface area contributed by atoms with E-state index in [9.17, 15) is 12.8 Å². The van der Waals surface area contributed by atoms with Crippen molar-refractivity contribution in [3.8, 4) is 28.6 Å². The van der Waals surface area contributed by atoms with Crippen LogP contribution in [0.4, 0.5) is 10.3 Å². The molecule has 0 spiro atoms. The fraction of sp³-hybridized carbons (Fsp3) is 0.292. The van der Waals surface area contributed by atoms with E-state index in [1.165, 1.54) is 25.7 Å². The van der Waals surface area contributed by atoms with E-state index < -0.39 is 27.0 Å². The zero-order valence-corrected chi connectivity index (χ0v) is 21.7. The molecule has 3 aromatic heterocycles. The maximum atomic E-state index is 13.5. The Kier molecular flexibility index (Phi) is 7.34. The standard InChI is InChI=1S/C24H26FN7O4S/c1-14-9-17(11-26-10-14)23-29-30-24(32(23)21-19(35-4)7-6-8-20(21)36-5)31-37(33,34)16(3)15(2)22-27-12-18(25)13-28-22/h6-13,15-16H,1-5H3,(H,30,31)/t15-,16+/m0/s1. The van der Waals surface area contributed by atoms with E-state index in [-0.39, 0.29) is 11.8 Å². The molecule has 0 saturated heterocycles. The summed E-state index contributed by atoms with van der Waals surface area (Å²) in [6, 6.07) is 7.02. The summed E-state index contributed by atoms with van der Waals surface area (Å²) >= 11 is 0. The van der Waals surface area contributed by atoms with Gasteiger partial charge in [-0.25, -0.2) is 22.8 Å². The number of ether oxygens (including phenoxy) is 2. The average molecular weight is 528 g/mol. The minimum absolute atomic E-state index is 0.0848. The van der Waals surface area contributed by atoms with Gasteiger partial charge in [0.2, 0.25) is 16.0 Å². The number of benzene rings is 1. The van der Waals surface area contributed by atoms with E-state index in [4.69, 9.17) is 9.47 Å². The quantitative estimate of drug-likeness (QED) is 0.347. The highest BCUT2D eigenvalue weighted by atomic mass is 32.2. The molecule has 0 bridgehead atoms. The second-order valence-corrected chi connectivity index (χ2v) is 10.4. The lowest BCUT2D eigenvalue weighted by Gasteiger charge is -2.21. The molecule has 1 N–H and O–H groups in total. The number of hydrogen-bond acceptors (Lipinski definition) is 9. The van der Waals surface area contributed by atoms with E-state index in [2.05, 4.69) is 29.9 Å². The van der Waals surface area contributed by atoms with Gasteiger partial charge >= 0.3 is 0 Å². The second kappa shape index (κ2) is 10.5. The van der Waals surface area contributed by atoms with Crippen molar-refractivity contribution in [2.75, 3.05) is 18.9 Å². The van der Waals surface area contributed by atoms with Gasteiger partial charge in [-0.1, -0.05) is 13.0 Å². The Balaban J connectivity index is 1.83. The van der Waals surface area contributed by atoms with Crippen molar-refractivity contribution < 1.29 is 22.3 Å². The van der Waals surface area contributed by atoms with Crippen LogP contribution in [0.5, 0.6) is 11.5 Å². The van der Waals surface area contributed by atoms with Gasteiger partial charge in [0.1, 0.15) is 23.0 Å². The highest BCUT2D eigenvalue weighted by Gasteiger charge is 2.32. The number of pyridine rings is 1. The summed E-state index contributed by atoms with van der Waals surface area (Å²) in [5.41, 5.74) is 1.88. The molecule has 4 rings (SSSR count). The van der Waals surface area contributed by atoms with E-state index in [1.807, 2.05) is 13.0 Å². The number of halogens is 1. The van der Waals surface area contributed by atoms with Gasteiger partial charge in [0.05, 0.1) is 31.9 Å². The summed E-state index contributed by atoms with van der Waals surface area (Å²) in [5, 5.41) is 7.44. The number of aryl methyl sites for hydroxylation is 1. The maximum Gasteiger partial charge on any atom is 0.243 e. The molecule has 0 fully saturated rings. The predicted molar refractivity (Wildman–Crippen MR) is 135 cm³/mol. The first-order chi connectivity index (χ1) is 17.7. The van der Waals surface area contributed by atoms with Crippen molar-refractivity contribution in [2.45, 2.75) is 31.9 Å². The molecule has 194 valence electrons. The van der Waals surface area contributed by atoms with Gasteiger partial charge in [-0.3, -0.25) is 14.3 Å². The van der Waals surface area contributed by atoms with Crippen LogP contribution < -0.4 is 14.2 Å². The molecule has 0 aliphatic carbocycles. The van der Waals surface area contributed by atoms with Gasteiger partial charge in [-0.2, -0.15) is 0 Å². The van der Waals surface area contributed by atoms with E-state index in [0.717, 1.165) is 18.0 Å². The minimum atomic E-state index is -4.06. The number of nitrogens with zero attached hydrogens (tertiary/aromatic N) is 6. The van der Waals surface area contributed by atoms with Crippen LogP contribution in [-0.2, 0) is 10.0 Å². The maximum absolute atomic E-state index is 13.5. The monoisotopic (exact) mass is 527 g/mol. The fourth-order valence-electron chi connectivity index (χ4n) is 3.73. The SMILES string of the molecule is COc1cccc(OC)c1-n1c(NS(=O)(=O)[C@H](C)[C@H](C)c2ncc(F)cn2)nnc1-c1cncc(C)c1. The van der Waals surface area contributed by atoms with Crippen molar-refractivity contribution >= 4 is 16.0 Å². The molecule has 0 amide bonds. The van der Waals surface area contributed by atoms with Crippen LogP contribution in [0, 0.1) is 12.7 Å². The topological polar surface area (TPSA) is 134 Å². The number of anilines is 1. The third kappa shape index (κ3) is 5.21. The number of nitrogens with one attached hydrogen (secondary N) is 1. The number of sulfonamides is 1. The third-order valence-electron chi connectivity index (χ3n) is 5.90. The third-order valence-corrected chi connectivity index (χ3v) is 7.75. The largest absolute Gasteiger partial charge is 0.494 e. The molecule has 0 aliphatic rings. The van der Waals surface area contributed by atoms with Gasteiger partial charge in [0.15, 0.2) is 11.6 Å². The average Bonchev–Trinajstić information content (AvgIpc) is 3.29. The molecule has 4 aromatic rings. The zero-order chi connectivity index (χ0) is 26.7. The Labute approximate surface area is 213 Å². The molecule has 3 heterocycles. The molecule has 0 saturated carbocycles. The molecular formula is C24H26FN7O4S. The molecule has 0 aliphatic heterocycles. The summed E-state index contributed by atoms with van der Waals surface area (Å²) in [6.07, 6.45) is 5.29. The van der Waals surface area contributed by atoms with E-state index in [0.29, 0.717) is 28.6 Å². The molecular weight excluding hydrogens is 501 g/mol. The van der Waals surface area contributed by atoms with Gasteiger partial charge < -0.3 is 9.47 Å². The van der Waals surface area contributed by atoms with E-state index in [1.54, 1.807) is 37.5 Å². The van der Waals surface area contributed by atoms with Crippen LogP contribution in [0.1, 0.15) is 31.2 Å². The van der Waals surface area contributed by atoms with Crippen molar-refractivity contribution in [3.63, 3.8) is 0 Å². The number of aromatic nitrogens is 6. The van der Waals surface area contributed by atoms with Crippen LogP contribution in [0.15, 0.2) is 49.1 Å². The smallest absolute Gasteiger partial charge is 0.243 e. The Morgan fingerprint density at radius 2 is 1.65 bits per heavy atom. The van der Waals surface area contributed by atoms with Gasteiger partial charge in [-0.15, -0.1) is 10.2 Å². The molecule has 37 heavy (non-hydrogen) atoms. The summed E-state index contributed by atoms with van der Waals surface area (Å²) in [7, 11) is -1.08. The summed E-state index contributed by atoms with van der Waals surface area (Å²) in [6.45, 7) is 5.04.